The summed E-state index contributed by atoms with van der Waals surface area (Å²) in [6.07, 6.45) is -38.5. The first-order valence-electron chi connectivity index (χ1n) is 19.3. The molecule has 5 rings (SSSR count). The van der Waals surface area contributed by atoms with Crippen molar-refractivity contribution in [2.45, 2.75) is 181 Å². The Balaban J connectivity index is 1.53. The van der Waals surface area contributed by atoms with Crippen molar-refractivity contribution in [2.75, 3.05) is 19.8 Å². The van der Waals surface area contributed by atoms with E-state index in [1.165, 1.54) is 26.8 Å². The summed E-state index contributed by atoms with van der Waals surface area (Å²) in [5, 5.41) is 132. The Labute approximate surface area is 338 Å². The third-order valence-electron chi connectivity index (χ3n) is 11.0. The van der Waals surface area contributed by atoms with Gasteiger partial charge in [-0.15, -0.1) is 6.58 Å². The van der Waals surface area contributed by atoms with Crippen molar-refractivity contribution in [1.82, 2.24) is 5.32 Å². The average molecular weight is 862 g/mol. The quantitative estimate of drug-likeness (QED) is 0.0722. The van der Waals surface area contributed by atoms with Crippen molar-refractivity contribution in [3.63, 3.8) is 0 Å². The molecule has 24 heteroatoms. The smallest absolute Gasteiger partial charge is 0.217 e. The van der Waals surface area contributed by atoms with Gasteiger partial charge in [0, 0.05) is 6.92 Å². The molecule has 342 valence electrons. The van der Waals surface area contributed by atoms with Crippen molar-refractivity contribution >= 4 is 5.91 Å². The molecule has 0 unspecified atom stereocenters. The second-order valence-electron chi connectivity index (χ2n) is 15.2. The number of rotatable bonds is 14. The number of aliphatic hydroxyl groups is 12. The number of nitrogens with one attached hydrogen (secondary N) is 1. The standard InChI is InChI=1S/C35H59NO23/c1-6-7-50-32-26(49)27(18(41)11(3)51-32)56-34-29(24(47)17(40)10(2)52-34)58-35-30(59-31-16(36-13(5)39)22(45)20(43)14(8-37)54-31)28(19(42)12(4)53-35)57-33-25(48)23(46)21(44)15(9-38)55-33/h6,10-12,14-35,37-38,40-49H,1,7-9H2,2-5H3,(H,36,39)/t10-,11-,12-,14+,15+,16+,17-,18-,19-,20+,21+,22+,23-,24+,25+,26+,27+,28+,29+,30+,31-,32+,33+,34-,35-/m0/s1. The fourth-order valence-electron chi connectivity index (χ4n) is 7.50. The number of ether oxygens (including phenoxy) is 10. The Morgan fingerprint density at radius 3 is 1.58 bits per heavy atom. The van der Waals surface area contributed by atoms with E-state index in [2.05, 4.69) is 11.9 Å². The molecule has 5 aliphatic heterocycles. The van der Waals surface area contributed by atoms with Crippen LogP contribution in [0.1, 0.15) is 27.7 Å². The second kappa shape index (κ2) is 20.7. The first-order valence-corrected chi connectivity index (χ1v) is 19.3. The van der Waals surface area contributed by atoms with Crippen molar-refractivity contribution in [2.24, 2.45) is 0 Å². The Bertz CT molecular complexity index is 1350. The van der Waals surface area contributed by atoms with E-state index in [4.69, 9.17) is 47.4 Å². The van der Waals surface area contributed by atoms with Crippen LogP contribution in [0.25, 0.3) is 0 Å². The highest BCUT2D eigenvalue weighted by Gasteiger charge is 2.57. The van der Waals surface area contributed by atoms with Crippen molar-refractivity contribution < 1.29 is 113 Å². The van der Waals surface area contributed by atoms with E-state index in [1.54, 1.807) is 0 Å². The lowest BCUT2D eigenvalue weighted by atomic mass is 9.95. The molecule has 13 N–H and O–H groups in total. The van der Waals surface area contributed by atoms with E-state index in [0.717, 1.165) is 6.92 Å². The minimum Gasteiger partial charge on any atom is -0.394 e. The van der Waals surface area contributed by atoms with Gasteiger partial charge in [-0.3, -0.25) is 4.79 Å². The number of carbonyl (C=O) groups excluding carboxylic acids is 1. The monoisotopic (exact) mass is 861 g/mol. The van der Waals surface area contributed by atoms with Gasteiger partial charge in [-0.1, -0.05) is 6.08 Å². The molecule has 0 bridgehead atoms. The molecule has 24 nitrogen and oxygen atoms in total. The summed E-state index contributed by atoms with van der Waals surface area (Å²) in [6.45, 7) is 7.09. The van der Waals surface area contributed by atoms with Crippen LogP contribution < -0.4 is 5.32 Å². The van der Waals surface area contributed by atoms with Crippen molar-refractivity contribution in [3.05, 3.63) is 12.7 Å². The van der Waals surface area contributed by atoms with Gasteiger partial charge in [0.25, 0.3) is 0 Å². The molecular weight excluding hydrogens is 802 g/mol. The number of hydrogen-bond donors (Lipinski definition) is 13. The van der Waals surface area contributed by atoms with Gasteiger partial charge in [0.2, 0.25) is 5.91 Å². The molecule has 5 heterocycles. The van der Waals surface area contributed by atoms with E-state index < -0.39 is 173 Å². The molecule has 0 saturated carbocycles. The minimum atomic E-state index is -2.01. The average Bonchev–Trinajstić information content (AvgIpc) is 3.20. The minimum absolute atomic E-state index is 0.0514. The highest BCUT2D eigenvalue weighted by Crippen LogP contribution is 2.37. The summed E-state index contributed by atoms with van der Waals surface area (Å²) in [5.41, 5.74) is 0. The van der Waals surface area contributed by atoms with Crippen LogP contribution in [0.15, 0.2) is 12.7 Å². The lowest BCUT2D eigenvalue weighted by molar-refractivity contribution is -0.408. The van der Waals surface area contributed by atoms with Gasteiger partial charge in [-0.05, 0) is 20.8 Å². The van der Waals surface area contributed by atoms with Crippen molar-refractivity contribution in [3.8, 4) is 0 Å². The summed E-state index contributed by atoms with van der Waals surface area (Å²) in [7, 11) is 0. The molecule has 5 saturated heterocycles. The molecular formula is C35H59NO23. The maximum absolute atomic E-state index is 12.3. The molecule has 0 radical (unpaired) electrons. The predicted molar refractivity (Wildman–Crippen MR) is 188 cm³/mol. The van der Waals surface area contributed by atoms with Crippen LogP contribution in [0, 0.1) is 0 Å². The number of hydrogen-bond acceptors (Lipinski definition) is 23. The van der Waals surface area contributed by atoms with Gasteiger partial charge >= 0.3 is 0 Å². The van der Waals surface area contributed by atoms with Crippen LogP contribution >= 0.6 is 0 Å². The normalized spacial score (nSPS) is 50.9. The van der Waals surface area contributed by atoms with E-state index in [9.17, 15) is 66.1 Å². The van der Waals surface area contributed by atoms with Crippen LogP contribution in [0.2, 0.25) is 0 Å². The third kappa shape index (κ3) is 10.4. The van der Waals surface area contributed by atoms with Crippen LogP contribution in [-0.4, -0.2) is 240 Å². The maximum atomic E-state index is 12.3. The van der Waals surface area contributed by atoms with Crippen LogP contribution in [0.3, 0.4) is 0 Å². The van der Waals surface area contributed by atoms with E-state index >= 15 is 0 Å². The summed E-state index contributed by atoms with van der Waals surface area (Å²) in [6, 6.07) is -1.59. The molecule has 59 heavy (non-hydrogen) atoms. The molecule has 25 atom stereocenters. The Morgan fingerprint density at radius 2 is 1.00 bits per heavy atom. The summed E-state index contributed by atoms with van der Waals surface area (Å²) >= 11 is 0. The number of amides is 1. The highest BCUT2D eigenvalue weighted by atomic mass is 16.8. The second-order valence-corrected chi connectivity index (χ2v) is 15.2. The summed E-state index contributed by atoms with van der Waals surface area (Å²) in [5.74, 6) is -0.731. The van der Waals surface area contributed by atoms with E-state index in [-0.39, 0.29) is 6.61 Å². The molecule has 0 spiro atoms. The van der Waals surface area contributed by atoms with Gasteiger partial charge in [-0.25, -0.2) is 0 Å². The van der Waals surface area contributed by atoms with Crippen LogP contribution in [0.5, 0.6) is 0 Å². The van der Waals surface area contributed by atoms with Crippen LogP contribution in [0.4, 0.5) is 0 Å². The lowest BCUT2D eigenvalue weighted by Crippen LogP contribution is -2.69. The SMILES string of the molecule is C=CCO[C@@H]1O[C@@H](C)[C@H](O)[C@@H](O[C@@H]2O[C@@H](C)[C@H](O)[C@@H](O)[C@H]2O[C@@H]2O[C@@H](C)[C@H](O)[C@@H](O[C@H]3O[C@H](CO)[C@@H](O)[C@H](O)[C@H]3O)[C@H]2O[C@@H]2O[C@H](CO)[C@@H](O)[C@H](O)[C@H]2NC(C)=O)[C@H]1O. The van der Waals surface area contributed by atoms with Gasteiger partial charge < -0.3 is 114 Å². The van der Waals surface area contributed by atoms with E-state index in [0.29, 0.717) is 0 Å². The van der Waals surface area contributed by atoms with E-state index in [1.807, 2.05) is 0 Å². The number of carbonyl (C=O) groups is 1. The lowest BCUT2D eigenvalue weighted by Gasteiger charge is -2.51. The topological polar surface area (TPSA) is 364 Å². The molecule has 0 aromatic heterocycles. The molecule has 5 fully saturated rings. The maximum Gasteiger partial charge on any atom is 0.217 e. The Morgan fingerprint density at radius 1 is 0.525 bits per heavy atom. The summed E-state index contributed by atoms with van der Waals surface area (Å²) < 4.78 is 58.8. The zero-order valence-corrected chi connectivity index (χ0v) is 32.7. The van der Waals surface area contributed by atoms with Gasteiger partial charge in [0.1, 0.15) is 104 Å². The fourth-order valence-corrected chi connectivity index (χ4v) is 7.50. The van der Waals surface area contributed by atoms with Gasteiger partial charge in [0.05, 0.1) is 38.1 Å². The molecule has 0 aliphatic carbocycles. The Hall–Kier alpha value is -1.67. The summed E-state index contributed by atoms with van der Waals surface area (Å²) in [4.78, 5) is 12.3. The molecule has 1 amide bonds. The fraction of sp³-hybridized carbons (Fsp3) is 0.914. The molecule has 0 aromatic carbocycles. The predicted octanol–water partition coefficient (Wildman–Crippen LogP) is -7.49. The zero-order valence-electron chi connectivity index (χ0n) is 32.7. The molecule has 0 aromatic rings. The highest BCUT2D eigenvalue weighted by molar-refractivity contribution is 5.73. The number of aliphatic hydroxyl groups excluding tert-OH is 12. The first-order chi connectivity index (χ1) is 27.8. The van der Waals surface area contributed by atoms with Crippen LogP contribution in [-0.2, 0) is 52.2 Å². The first kappa shape index (κ1) is 48.4. The van der Waals surface area contributed by atoms with Crippen molar-refractivity contribution in [1.29, 1.82) is 0 Å². The van der Waals surface area contributed by atoms with Gasteiger partial charge in [-0.2, -0.15) is 0 Å². The Kier molecular flexibility index (Phi) is 16.9. The largest absolute Gasteiger partial charge is 0.394 e. The van der Waals surface area contributed by atoms with Gasteiger partial charge in [0.15, 0.2) is 31.5 Å². The molecule has 5 aliphatic rings. The third-order valence-corrected chi connectivity index (χ3v) is 11.0. The zero-order chi connectivity index (χ0) is 43.6.